The molecule has 0 fully saturated rings. The van der Waals surface area contributed by atoms with E-state index in [4.69, 9.17) is 37.9 Å². The summed E-state index contributed by atoms with van der Waals surface area (Å²) in [6.45, 7) is 0.866. The molecule has 5 rings (SSSR count). The Morgan fingerprint density at radius 1 is 0.596 bits per heavy atom. The van der Waals surface area contributed by atoms with E-state index < -0.39 is 6.17 Å². The first-order valence-electron chi connectivity index (χ1n) is 16.7. The predicted molar refractivity (Wildman–Crippen MR) is 198 cm³/mol. The van der Waals surface area contributed by atoms with Crippen LogP contribution in [0.1, 0.15) is 62.8 Å². The van der Waals surface area contributed by atoms with E-state index in [0.29, 0.717) is 76.0 Å². The van der Waals surface area contributed by atoms with Crippen LogP contribution in [0, 0.1) is 0 Å². The van der Waals surface area contributed by atoms with E-state index in [1.54, 1.807) is 73.0 Å². The van der Waals surface area contributed by atoms with Gasteiger partial charge in [0.1, 0.15) is 17.7 Å². The van der Waals surface area contributed by atoms with Gasteiger partial charge in [0.2, 0.25) is 11.5 Å². The summed E-state index contributed by atoms with van der Waals surface area (Å²) >= 11 is 0. The molecule has 0 spiro atoms. The molecular formula is C40H44N2O10. The van der Waals surface area contributed by atoms with Gasteiger partial charge in [-0.3, -0.25) is 9.59 Å². The predicted octanol–water partition coefficient (Wildman–Crippen LogP) is 7.20. The Bertz CT molecular complexity index is 1860. The third-order valence-electron chi connectivity index (χ3n) is 8.47. The van der Waals surface area contributed by atoms with Crippen molar-refractivity contribution in [3.8, 4) is 46.0 Å². The molecular weight excluding hydrogens is 668 g/mol. The summed E-state index contributed by atoms with van der Waals surface area (Å²) in [7, 11) is 9.45. The van der Waals surface area contributed by atoms with Crippen molar-refractivity contribution in [3.63, 3.8) is 0 Å². The zero-order valence-corrected chi connectivity index (χ0v) is 30.2. The fourth-order valence-corrected chi connectivity index (χ4v) is 5.77. The van der Waals surface area contributed by atoms with Gasteiger partial charge < -0.3 is 48.5 Å². The smallest absolute Gasteiger partial charge is 0.255 e. The molecule has 0 aliphatic carbocycles. The van der Waals surface area contributed by atoms with E-state index in [0.717, 1.165) is 42.2 Å². The van der Waals surface area contributed by atoms with Gasteiger partial charge in [-0.25, -0.2) is 0 Å². The molecule has 2 N–H and O–H groups in total. The summed E-state index contributed by atoms with van der Waals surface area (Å²) in [5, 5.41) is 6.23. The molecule has 0 radical (unpaired) electrons. The van der Waals surface area contributed by atoms with E-state index in [9.17, 15) is 9.59 Å². The lowest BCUT2D eigenvalue weighted by Gasteiger charge is -2.28. The second-order valence-corrected chi connectivity index (χ2v) is 11.7. The molecule has 274 valence electrons. The second kappa shape index (κ2) is 17.8. The van der Waals surface area contributed by atoms with Crippen LogP contribution >= 0.6 is 0 Å². The molecule has 1 atom stereocenters. The van der Waals surface area contributed by atoms with Crippen LogP contribution < -0.4 is 48.5 Å². The summed E-state index contributed by atoms with van der Waals surface area (Å²) in [4.78, 5) is 24.7. The largest absolute Gasteiger partial charge is 0.497 e. The average molecular weight is 713 g/mol. The number of unbranched alkanes of at least 4 members (excludes halogenated alkanes) is 2. The maximum Gasteiger partial charge on any atom is 0.255 e. The van der Waals surface area contributed by atoms with Crippen LogP contribution in [0.25, 0.3) is 12.2 Å². The molecule has 4 aromatic carbocycles. The lowest BCUT2D eigenvalue weighted by atomic mass is 10.0. The number of aldehydes is 1. The lowest BCUT2D eigenvalue weighted by Crippen LogP contribution is -2.38. The standard InChI is InChI=1S/C40H44N2O10/c1-45-29-13-14-31-30(23-29)40(44)42-39(41-31)27-12-15-32(28(22-27)24-43)51-16-8-7-9-17-52-38-35(48-4)20-26(21-36(38)49-5)11-10-25-18-33(46-2)37(50-6)34(19-25)47-3/h10-15,18-24,39,41H,7-9,16-17H2,1-6H3,(H,42,44)/b11-10-. The highest BCUT2D eigenvalue weighted by Crippen LogP contribution is 2.41. The number of methoxy groups -OCH3 is 6. The van der Waals surface area contributed by atoms with Gasteiger partial charge in [0.15, 0.2) is 29.3 Å². The van der Waals surface area contributed by atoms with E-state index in [1.807, 2.05) is 42.5 Å². The van der Waals surface area contributed by atoms with Crippen LogP contribution in [0.4, 0.5) is 5.69 Å². The van der Waals surface area contributed by atoms with Crippen molar-refractivity contribution in [1.82, 2.24) is 5.32 Å². The van der Waals surface area contributed by atoms with Gasteiger partial charge in [-0.15, -0.1) is 0 Å². The Balaban J connectivity index is 1.12. The van der Waals surface area contributed by atoms with Gasteiger partial charge in [0.05, 0.1) is 67.0 Å². The number of hydrogen-bond acceptors (Lipinski definition) is 11. The van der Waals surface area contributed by atoms with E-state index in [-0.39, 0.29) is 5.91 Å². The normalized spacial score (nSPS) is 13.3. The number of carbonyl (C=O) groups excluding carboxylic acids is 2. The van der Waals surface area contributed by atoms with Gasteiger partial charge in [0.25, 0.3) is 5.91 Å². The number of fused-ring (bicyclic) bond motifs is 1. The van der Waals surface area contributed by atoms with Crippen LogP contribution in [0.5, 0.6) is 46.0 Å². The van der Waals surface area contributed by atoms with Crippen LogP contribution in [0.2, 0.25) is 0 Å². The number of nitrogens with one attached hydrogen (secondary N) is 2. The van der Waals surface area contributed by atoms with Crippen molar-refractivity contribution >= 4 is 30.0 Å². The maximum absolute atomic E-state index is 12.8. The molecule has 0 bridgehead atoms. The Kier molecular flexibility index (Phi) is 12.7. The Hall–Kier alpha value is -6.04. The molecule has 1 aliphatic heterocycles. The molecule has 0 saturated heterocycles. The summed E-state index contributed by atoms with van der Waals surface area (Å²) in [6, 6.07) is 18.0. The van der Waals surface area contributed by atoms with E-state index >= 15 is 0 Å². The number of amides is 1. The molecule has 12 heteroatoms. The SMILES string of the molecule is COc1ccc2c(c1)C(=O)NC(c1ccc(OCCCCCOc3c(OC)cc(/C=C\c4cc(OC)c(OC)c(OC)c4)cc3OC)c(C=O)c1)N2. The monoisotopic (exact) mass is 712 g/mol. The summed E-state index contributed by atoms with van der Waals surface area (Å²) in [5.74, 6) is 4.11. The second-order valence-electron chi connectivity index (χ2n) is 11.7. The third kappa shape index (κ3) is 8.63. The fourth-order valence-electron chi connectivity index (χ4n) is 5.77. The average Bonchev–Trinajstić information content (AvgIpc) is 3.18. The number of benzene rings is 4. The van der Waals surface area contributed by atoms with Crippen molar-refractivity contribution < 1.29 is 47.5 Å². The highest BCUT2D eigenvalue weighted by molar-refractivity contribution is 6.02. The van der Waals surface area contributed by atoms with Crippen molar-refractivity contribution in [2.24, 2.45) is 0 Å². The minimum absolute atomic E-state index is 0.232. The number of carbonyl (C=O) groups is 2. The number of anilines is 1. The Morgan fingerprint density at radius 3 is 1.75 bits per heavy atom. The zero-order chi connectivity index (χ0) is 37.0. The Labute approximate surface area is 303 Å². The third-order valence-corrected chi connectivity index (χ3v) is 8.47. The maximum atomic E-state index is 12.8. The highest BCUT2D eigenvalue weighted by Gasteiger charge is 2.26. The van der Waals surface area contributed by atoms with Gasteiger partial charge in [-0.2, -0.15) is 0 Å². The van der Waals surface area contributed by atoms with E-state index in [2.05, 4.69) is 10.6 Å². The van der Waals surface area contributed by atoms with Crippen LogP contribution in [-0.4, -0.2) is 68.1 Å². The van der Waals surface area contributed by atoms with Gasteiger partial charge in [-0.1, -0.05) is 18.2 Å². The molecule has 1 aliphatic rings. The lowest BCUT2D eigenvalue weighted by molar-refractivity contribution is 0.0935. The van der Waals surface area contributed by atoms with Crippen LogP contribution in [-0.2, 0) is 0 Å². The number of ether oxygens (including phenoxy) is 8. The molecule has 12 nitrogen and oxygen atoms in total. The van der Waals surface area contributed by atoms with Gasteiger partial charge in [0, 0.05) is 5.69 Å². The highest BCUT2D eigenvalue weighted by atomic mass is 16.5. The summed E-state index contributed by atoms with van der Waals surface area (Å²) < 4.78 is 45.0. The Morgan fingerprint density at radius 2 is 1.19 bits per heavy atom. The fraction of sp³-hybridized carbons (Fsp3) is 0.300. The molecule has 52 heavy (non-hydrogen) atoms. The minimum atomic E-state index is -0.500. The molecule has 1 unspecified atom stereocenters. The van der Waals surface area contributed by atoms with Crippen molar-refractivity contribution in [2.45, 2.75) is 25.4 Å². The molecule has 0 saturated carbocycles. The topological polar surface area (TPSA) is 132 Å². The molecule has 1 amide bonds. The summed E-state index contributed by atoms with van der Waals surface area (Å²) in [6.07, 6.45) is 6.46. The van der Waals surface area contributed by atoms with E-state index in [1.165, 1.54) is 0 Å². The van der Waals surface area contributed by atoms with Crippen molar-refractivity contribution in [1.29, 1.82) is 0 Å². The molecule has 0 aromatic heterocycles. The van der Waals surface area contributed by atoms with Crippen molar-refractivity contribution in [2.75, 3.05) is 61.2 Å². The van der Waals surface area contributed by atoms with Gasteiger partial charge >= 0.3 is 0 Å². The quantitative estimate of drug-likeness (QED) is 0.0617. The first-order chi connectivity index (χ1) is 25.3. The first kappa shape index (κ1) is 37.2. The van der Waals surface area contributed by atoms with Gasteiger partial charge in [-0.05, 0) is 90.6 Å². The number of hydrogen-bond donors (Lipinski definition) is 2. The number of rotatable bonds is 18. The summed E-state index contributed by atoms with van der Waals surface area (Å²) in [5.41, 5.74) is 4.01. The molecule has 4 aromatic rings. The first-order valence-corrected chi connectivity index (χ1v) is 16.7. The minimum Gasteiger partial charge on any atom is -0.497 e. The van der Waals surface area contributed by atoms with Crippen molar-refractivity contribution in [3.05, 3.63) is 88.5 Å². The van der Waals surface area contributed by atoms with Crippen LogP contribution in [0.15, 0.2) is 60.7 Å². The van der Waals surface area contributed by atoms with Crippen LogP contribution in [0.3, 0.4) is 0 Å². The zero-order valence-electron chi connectivity index (χ0n) is 30.2. The molecule has 1 heterocycles.